The van der Waals surface area contributed by atoms with Crippen molar-refractivity contribution in [1.29, 1.82) is 0 Å². The van der Waals surface area contributed by atoms with E-state index in [4.69, 9.17) is 4.74 Å². The molecule has 1 aliphatic heterocycles. The highest BCUT2D eigenvalue weighted by atomic mass is 16.5. The molecule has 1 N–H and O–H groups in total. The minimum atomic E-state index is -0.231. The quantitative estimate of drug-likeness (QED) is 0.797. The van der Waals surface area contributed by atoms with E-state index in [9.17, 15) is 9.59 Å². The molecule has 2 aliphatic rings. The molecule has 0 radical (unpaired) electrons. The topological polar surface area (TPSA) is 58.6 Å². The third-order valence-corrected chi connectivity index (χ3v) is 4.20. The molecule has 19 heavy (non-hydrogen) atoms. The number of piperidine rings is 1. The van der Waals surface area contributed by atoms with Gasteiger partial charge in [0.2, 0.25) is 0 Å². The second-order valence-electron chi connectivity index (χ2n) is 5.55. The SMILES string of the molecule is COC(=O)CC1CCCCN1C(=O)NC1CCCC1. The average Bonchev–Trinajstić information content (AvgIpc) is 2.92. The van der Waals surface area contributed by atoms with E-state index < -0.39 is 0 Å². The molecule has 1 atom stereocenters. The van der Waals surface area contributed by atoms with Crippen LogP contribution in [0.5, 0.6) is 0 Å². The van der Waals surface area contributed by atoms with E-state index in [1.807, 2.05) is 4.90 Å². The van der Waals surface area contributed by atoms with Crippen molar-refractivity contribution in [2.45, 2.75) is 63.5 Å². The molecule has 0 spiro atoms. The number of carbonyl (C=O) groups is 2. The number of urea groups is 1. The Morgan fingerprint density at radius 3 is 2.53 bits per heavy atom. The molecule has 108 valence electrons. The summed E-state index contributed by atoms with van der Waals surface area (Å²) in [4.78, 5) is 25.5. The molecule has 0 aromatic heterocycles. The Hall–Kier alpha value is -1.26. The molecule has 5 nitrogen and oxygen atoms in total. The van der Waals surface area contributed by atoms with Crippen molar-refractivity contribution in [3.8, 4) is 0 Å². The summed E-state index contributed by atoms with van der Waals surface area (Å²) in [7, 11) is 1.40. The number of likely N-dealkylation sites (tertiary alicyclic amines) is 1. The number of rotatable bonds is 3. The van der Waals surface area contributed by atoms with Gasteiger partial charge >= 0.3 is 12.0 Å². The lowest BCUT2D eigenvalue weighted by Crippen LogP contribution is -2.51. The lowest BCUT2D eigenvalue weighted by atomic mass is 10.00. The Kier molecular flexibility index (Phi) is 5.05. The summed E-state index contributed by atoms with van der Waals surface area (Å²) in [5, 5.41) is 3.10. The van der Waals surface area contributed by atoms with E-state index in [1.165, 1.54) is 20.0 Å². The second kappa shape index (κ2) is 6.78. The standard InChI is InChI=1S/C14H24N2O3/c1-19-13(17)10-12-8-4-5-9-16(12)14(18)15-11-6-2-3-7-11/h11-12H,2-10H2,1H3,(H,15,18). The molecular formula is C14H24N2O3. The van der Waals surface area contributed by atoms with Gasteiger partial charge in [-0.2, -0.15) is 0 Å². The van der Waals surface area contributed by atoms with Crippen molar-refractivity contribution in [1.82, 2.24) is 10.2 Å². The first-order valence-electron chi connectivity index (χ1n) is 7.34. The second-order valence-corrected chi connectivity index (χ2v) is 5.55. The Bertz CT molecular complexity index is 327. The monoisotopic (exact) mass is 268 g/mol. The van der Waals surface area contributed by atoms with E-state index in [-0.39, 0.29) is 18.0 Å². The number of nitrogens with one attached hydrogen (secondary N) is 1. The van der Waals surface area contributed by atoms with E-state index >= 15 is 0 Å². The van der Waals surface area contributed by atoms with Crippen molar-refractivity contribution in [2.24, 2.45) is 0 Å². The van der Waals surface area contributed by atoms with E-state index in [0.29, 0.717) is 12.5 Å². The zero-order valence-electron chi connectivity index (χ0n) is 11.7. The van der Waals surface area contributed by atoms with Gasteiger partial charge in [-0.05, 0) is 32.1 Å². The highest BCUT2D eigenvalue weighted by Gasteiger charge is 2.30. The number of esters is 1. The van der Waals surface area contributed by atoms with E-state index in [1.54, 1.807) is 0 Å². The van der Waals surface area contributed by atoms with Crippen LogP contribution in [0.25, 0.3) is 0 Å². The van der Waals surface area contributed by atoms with Gasteiger partial charge in [-0.3, -0.25) is 4.79 Å². The van der Waals surface area contributed by atoms with E-state index in [2.05, 4.69) is 5.32 Å². The van der Waals surface area contributed by atoms with Crippen LogP contribution < -0.4 is 5.32 Å². The number of ether oxygens (including phenoxy) is 1. The molecule has 5 heteroatoms. The fourth-order valence-corrected chi connectivity index (χ4v) is 3.08. The predicted octanol–water partition coefficient (Wildman–Crippen LogP) is 2.06. The highest BCUT2D eigenvalue weighted by molar-refractivity contribution is 5.76. The first-order valence-corrected chi connectivity index (χ1v) is 7.34. The fourth-order valence-electron chi connectivity index (χ4n) is 3.08. The highest BCUT2D eigenvalue weighted by Crippen LogP contribution is 2.22. The first-order chi connectivity index (χ1) is 9.20. The normalized spacial score (nSPS) is 24.3. The summed E-state index contributed by atoms with van der Waals surface area (Å²) < 4.78 is 4.72. The van der Waals surface area contributed by atoms with Crippen molar-refractivity contribution in [2.75, 3.05) is 13.7 Å². The summed E-state index contributed by atoms with van der Waals surface area (Å²) >= 11 is 0. The molecule has 1 unspecified atom stereocenters. The number of carbonyl (C=O) groups excluding carboxylic acids is 2. The molecule has 0 bridgehead atoms. The molecule has 0 aromatic rings. The molecule has 1 saturated carbocycles. The fraction of sp³-hybridized carbons (Fsp3) is 0.857. The van der Waals surface area contributed by atoms with Crippen molar-refractivity contribution < 1.29 is 14.3 Å². The van der Waals surface area contributed by atoms with Crippen LogP contribution in [0.1, 0.15) is 51.4 Å². The summed E-state index contributed by atoms with van der Waals surface area (Å²) in [6, 6.07) is 0.330. The number of amides is 2. The van der Waals surface area contributed by atoms with Crippen LogP contribution in [0.2, 0.25) is 0 Å². The summed E-state index contributed by atoms with van der Waals surface area (Å²) in [6.45, 7) is 0.750. The Labute approximate surface area is 114 Å². The number of nitrogens with zero attached hydrogens (tertiary/aromatic N) is 1. The van der Waals surface area contributed by atoms with Gasteiger partial charge in [-0.1, -0.05) is 12.8 Å². The minimum absolute atomic E-state index is 0.000466. The van der Waals surface area contributed by atoms with Crippen molar-refractivity contribution >= 4 is 12.0 Å². The van der Waals surface area contributed by atoms with Crippen LogP contribution in [0, 0.1) is 0 Å². The Morgan fingerprint density at radius 2 is 1.84 bits per heavy atom. The third kappa shape index (κ3) is 3.85. The molecule has 0 aromatic carbocycles. The predicted molar refractivity (Wildman–Crippen MR) is 71.8 cm³/mol. The molecule has 2 amide bonds. The Morgan fingerprint density at radius 1 is 1.16 bits per heavy atom. The van der Waals surface area contributed by atoms with Crippen LogP contribution in [0.3, 0.4) is 0 Å². The van der Waals surface area contributed by atoms with Gasteiger partial charge < -0.3 is 15.0 Å². The van der Waals surface area contributed by atoms with Gasteiger partial charge in [0.25, 0.3) is 0 Å². The first kappa shape index (κ1) is 14.2. The van der Waals surface area contributed by atoms with Crippen LogP contribution in [0.4, 0.5) is 4.79 Å². The summed E-state index contributed by atoms with van der Waals surface area (Å²) in [6.07, 6.45) is 7.89. The maximum atomic E-state index is 12.3. The average molecular weight is 268 g/mol. The van der Waals surface area contributed by atoms with Crippen molar-refractivity contribution in [3.63, 3.8) is 0 Å². The maximum absolute atomic E-state index is 12.3. The zero-order chi connectivity index (χ0) is 13.7. The lowest BCUT2D eigenvalue weighted by molar-refractivity contribution is -0.142. The number of hydrogen-bond donors (Lipinski definition) is 1. The smallest absolute Gasteiger partial charge is 0.317 e. The number of hydrogen-bond acceptors (Lipinski definition) is 3. The van der Waals surface area contributed by atoms with Gasteiger partial charge in [0.15, 0.2) is 0 Å². The summed E-state index contributed by atoms with van der Waals surface area (Å²) in [5.41, 5.74) is 0. The maximum Gasteiger partial charge on any atom is 0.317 e. The molecule has 1 saturated heterocycles. The minimum Gasteiger partial charge on any atom is -0.469 e. The molecular weight excluding hydrogens is 244 g/mol. The van der Waals surface area contributed by atoms with Crippen LogP contribution in [0.15, 0.2) is 0 Å². The largest absolute Gasteiger partial charge is 0.469 e. The summed E-state index contributed by atoms with van der Waals surface area (Å²) in [5.74, 6) is -0.231. The van der Waals surface area contributed by atoms with Crippen LogP contribution in [-0.4, -0.2) is 42.6 Å². The van der Waals surface area contributed by atoms with Gasteiger partial charge in [-0.15, -0.1) is 0 Å². The molecule has 2 rings (SSSR count). The molecule has 2 fully saturated rings. The van der Waals surface area contributed by atoms with Gasteiger partial charge in [0.05, 0.1) is 13.5 Å². The third-order valence-electron chi connectivity index (χ3n) is 4.20. The van der Waals surface area contributed by atoms with Crippen LogP contribution >= 0.6 is 0 Å². The number of methoxy groups -OCH3 is 1. The van der Waals surface area contributed by atoms with Crippen molar-refractivity contribution in [3.05, 3.63) is 0 Å². The van der Waals surface area contributed by atoms with E-state index in [0.717, 1.165) is 38.6 Å². The van der Waals surface area contributed by atoms with Crippen LogP contribution in [-0.2, 0) is 9.53 Å². The van der Waals surface area contributed by atoms with Gasteiger partial charge in [0, 0.05) is 18.6 Å². The molecule has 1 aliphatic carbocycles. The lowest BCUT2D eigenvalue weighted by Gasteiger charge is -2.35. The Balaban J connectivity index is 1.89. The molecule has 1 heterocycles. The van der Waals surface area contributed by atoms with Gasteiger partial charge in [0.1, 0.15) is 0 Å². The van der Waals surface area contributed by atoms with Gasteiger partial charge in [-0.25, -0.2) is 4.79 Å². The zero-order valence-corrected chi connectivity index (χ0v) is 11.7.